The average Bonchev–Trinajstić information content (AvgIpc) is 2.00. The van der Waals surface area contributed by atoms with E-state index in [1.165, 1.54) is 0 Å². The number of allylic oxidation sites excluding steroid dienone is 1. The van der Waals surface area contributed by atoms with Gasteiger partial charge in [0.15, 0.2) is 5.78 Å². The second-order valence-electron chi connectivity index (χ2n) is 4.38. The predicted molar refractivity (Wildman–Crippen MR) is 52.4 cm³/mol. The van der Waals surface area contributed by atoms with E-state index in [4.69, 9.17) is 0 Å². The van der Waals surface area contributed by atoms with Gasteiger partial charge in [-0.3, -0.25) is 4.79 Å². The fraction of sp³-hybridized carbons (Fsp3) is 0.727. The van der Waals surface area contributed by atoms with Crippen LogP contribution in [0.15, 0.2) is 11.6 Å². The molecule has 2 nitrogen and oxygen atoms in total. The number of Topliss-reactive ketones (excluding diaryl/α,β-unsaturated/α-hetero) is 1. The van der Waals surface area contributed by atoms with Crippen molar-refractivity contribution >= 4 is 5.78 Å². The van der Waals surface area contributed by atoms with Gasteiger partial charge < -0.3 is 5.11 Å². The molecule has 0 amide bonds. The van der Waals surface area contributed by atoms with Crippen molar-refractivity contribution in [3.05, 3.63) is 11.6 Å². The molecule has 0 aliphatic heterocycles. The minimum absolute atomic E-state index is 0.119. The van der Waals surface area contributed by atoms with Gasteiger partial charge in [-0.05, 0) is 12.0 Å². The summed E-state index contributed by atoms with van der Waals surface area (Å²) in [6.07, 6.45) is 3.55. The third-order valence-electron chi connectivity index (χ3n) is 2.66. The molecule has 2 heteroatoms. The molecule has 0 fully saturated rings. The van der Waals surface area contributed by atoms with Gasteiger partial charge in [0.25, 0.3) is 0 Å². The van der Waals surface area contributed by atoms with E-state index in [1.54, 1.807) is 0 Å². The van der Waals surface area contributed by atoms with Crippen LogP contribution in [0.2, 0.25) is 0 Å². The standard InChI is InChI=1S/C11H18O2/c1-4-5-8-7-11(2,3)10(13)6-9(8)12/h7,10,13H,4-6H2,1-3H3. The Morgan fingerprint density at radius 1 is 1.62 bits per heavy atom. The normalized spacial score (nSPS) is 27.2. The Morgan fingerprint density at radius 2 is 2.23 bits per heavy atom. The summed E-state index contributed by atoms with van der Waals surface area (Å²) in [5.41, 5.74) is 0.663. The van der Waals surface area contributed by atoms with Gasteiger partial charge >= 0.3 is 0 Å². The molecule has 13 heavy (non-hydrogen) atoms. The minimum Gasteiger partial charge on any atom is -0.392 e. The van der Waals surface area contributed by atoms with Crippen molar-refractivity contribution in [2.45, 2.75) is 46.1 Å². The van der Waals surface area contributed by atoms with Crippen LogP contribution in [0, 0.1) is 5.41 Å². The zero-order valence-electron chi connectivity index (χ0n) is 8.63. The highest BCUT2D eigenvalue weighted by atomic mass is 16.3. The highest BCUT2D eigenvalue weighted by molar-refractivity contribution is 5.96. The van der Waals surface area contributed by atoms with E-state index in [1.807, 2.05) is 19.9 Å². The van der Waals surface area contributed by atoms with E-state index in [0.717, 1.165) is 18.4 Å². The zero-order chi connectivity index (χ0) is 10.1. The first kappa shape index (κ1) is 10.5. The maximum Gasteiger partial charge on any atom is 0.161 e. The van der Waals surface area contributed by atoms with Gasteiger partial charge in [0.05, 0.1) is 6.10 Å². The van der Waals surface area contributed by atoms with Gasteiger partial charge in [-0.15, -0.1) is 0 Å². The Balaban J connectivity index is 2.88. The van der Waals surface area contributed by atoms with Crippen LogP contribution in [0.25, 0.3) is 0 Å². The van der Waals surface area contributed by atoms with Gasteiger partial charge in [-0.1, -0.05) is 33.3 Å². The Morgan fingerprint density at radius 3 is 2.77 bits per heavy atom. The van der Waals surface area contributed by atoms with Crippen LogP contribution in [0.4, 0.5) is 0 Å². The summed E-state index contributed by atoms with van der Waals surface area (Å²) in [7, 11) is 0. The Kier molecular flexibility index (Phi) is 2.91. The number of hydrogen-bond donors (Lipinski definition) is 1. The molecule has 1 aliphatic rings. The Bertz CT molecular complexity index is 238. The highest BCUT2D eigenvalue weighted by Crippen LogP contribution is 2.33. The van der Waals surface area contributed by atoms with Gasteiger partial charge in [0, 0.05) is 11.8 Å². The van der Waals surface area contributed by atoms with Crippen LogP contribution in [0.1, 0.15) is 40.0 Å². The van der Waals surface area contributed by atoms with Gasteiger partial charge in [-0.2, -0.15) is 0 Å². The molecule has 1 unspecified atom stereocenters. The lowest BCUT2D eigenvalue weighted by atomic mass is 9.76. The van der Waals surface area contributed by atoms with Gasteiger partial charge in [0.2, 0.25) is 0 Å². The summed E-state index contributed by atoms with van der Waals surface area (Å²) in [6.45, 7) is 6.01. The summed E-state index contributed by atoms with van der Waals surface area (Å²) in [4.78, 5) is 11.5. The second kappa shape index (κ2) is 3.62. The molecule has 0 aromatic carbocycles. The zero-order valence-corrected chi connectivity index (χ0v) is 8.63. The molecule has 0 saturated heterocycles. The van der Waals surface area contributed by atoms with Crippen LogP contribution in [-0.4, -0.2) is 17.0 Å². The molecule has 0 aromatic rings. The molecule has 0 heterocycles. The Labute approximate surface area is 79.6 Å². The molecule has 1 rings (SSSR count). The summed E-state index contributed by atoms with van der Waals surface area (Å²) < 4.78 is 0. The number of carbonyl (C=O) groups is 1. The molecular formula is C11H18O2. The molecule has 0 saturated carbocycles. The van der Waals surface area contributed by atoms with E-state index in [2.05, 4.69) is 6.92 Å². The number of carbonyl (C=O) groups excluding carboxylic acids is 1. The summed E-state index contributed by atoms with van der Waals surface area (Å²) in [5.74, 6) is 0.119. The monoisotopic (exact) mass is 182 g/mol. The van der Waals surface area contributed by atoms with Crippen LogP contribution in [0.3, 0.4) is 0 Å². The van der Waals surface area contributed by atoms with Crippen LogP contribution >= 0.6 is 0 Å². The predicted octanol–water partition coefficient (Wildman–Crippen LogP) is 2.07. The lowest BCUT2D eigenvalue weighted by molar-refractivity contribution is -0.120. The Hall–Kier alpha value is -0.630. The topological polar surface area (TPSA) is 37.3 Å². The van der Waals surface area contributed by atoms with Crippen LogP contribution in [-0.2, 0) is 4.79 Å². The average molecular weight is 182 g/mol. The molecule has 74 valence electrons. The lowest BCUT2D eigenvalue weighted by Gasteiger charge is -2.32. The van der Waals surface area contributed by atoms with E-state index in [-0.39, 0.29) is 11.2 Å². The minimum atomic E-state index is -0.513. The SMILES string of the molecule is CCCC1=CC(C)(C)C(O)CC1=O. The molecular weight excluding hydrogens is 164 g/mol. The first-order valence-corrected chi connectivity index (χ1v) is 4.90. The molecule has 0 spiro atoms. The van der Waals surface area contributed by atoms with E-state index < -0.39 is 6.10 Å². The molecule has 1 atom stereocenters. The number of rotatable bonds is 2. The summed E-state index contributed by atoms with van der Waals surface area (Å²) in [6, 6.07) is 0. The molecule has 1 N–H and O–H groups in total. The molecule has 0 aromatic heterocycles. The van der Waals surface area contributed by atoms with Gasteiger partial charge in [0.1, 0.15) is 0 Å². The molecule has 0 bridgehead atoms. The fourth-order valence-electron chi connectivity index (χ4n) is 1.68. The van der Waals surface area contributed by atoms with E-state index in [0.29, 0.717) is 6.42 Å². The number of aliphatic hydroxyl groups is 1. The summed E-state index contributed by atoms with van der Waals surface area (Å²) in [5, 5.41) is 9.63. The lowest BCUT2D eigenvalue weighted by Crippen LogP contribution is -2.34. The van der Waals surface area contributed by atoms with Crippen molar-refractivity contribution in [3.63, 3.8) is 0 Å². The van der Waals surface area contributed by atoms with Crippen molar-refractivity contribution in [3.8, 4) is 0 Å². The highest BCUT2D eigenvalue weighted by Gasteiger charge is 2.33. The number of hydrogen-bond acceptors (Lipinski definition) is 2. The number of ketones is 1. The number of aliphatic hydroxyl groups excluding tert-OH is 1. The van der Waals surface area contributed by atoms with Gasteiger partial charge in [-0.25, -0.2) is 0 Å². The fourth-order valence-corrected chi connectivity index (χ4v) is 1.68. The van der Waals surface area contributed by atoms with Crippen molar-refractivity contribution in [1.82, 2.24) is 0 Å². The van der Waals surface area contributed by atoms with Crippen LogP contribution < -0.4 is 0 Å². The van der Waals surface area contributed by atoms with E-state index >= 15 is 0 Å². The third-order valence-corrected chi connectivity index (χ3v) is 2.66. The molecule has 1 aliphatic carbocycles. The largest absolute Gasteiger partial charge is 0.392 e. The third kappa shape index (κ3) is 2.19. The smallest absolute Gasteiger partial charge is 0.161 e. The van der Waals surface area contributed by atoms with Crippen LogP contribution in [0.5, 0.6) is 0 Å². The van der Waals surface area contributed by atoms with Crippen molar-refractivity contribution < 1.29 is 9.90 Å². The van der Waals surface area contributed by atoms with Crippen molar-refractivity contribution in [2.24, 2.45) is 5.41 Å². The quantitative estimate of drug-likeness (QED) is 0.710. The van der Waals surface area contributed by atoms with E-state index in [9.17, 15) is 9.90 Å². The molecule has 0 radical (unpaired) electrons. The maximum atomic E-state index is 11.5. The van der Waals surface area contributed by atoms with Crippen molar-refractivity contribution in [1.29, 1.82) is 0 Å². The second-order valence-corrected chi connectivity index (χ2v) is 4.38. The maximum absolute atomic E-state index is 11.5. The first-order chi connectivity index (χ1) is 5.97. The summed E-state index contributed by atoms with van der Waals surface area (Å²) >= 11 is 0. The first-order valence-electron chi connectivity index (χ1n) is 4.90. The van der Waals surface area contributed by atoms with Crippen molar-refractivity contribution in [2.75, 3.05) is 0 Å².